The number of anilines is 4. The van der Waals surface area contributed by atoms with Crippen molar-refractivity contribution < 1.29 is 13.2 Å². The molecule has 1 aliphatic carbocycles. The van der Waals surface area contributed by atoms with E-state index in [0.717, 1.165) is 18.7 Å². The zero-order valence-corrected chi connectivity index (χ0v) is 17.0. The van der Waals surface area contributed by atoms with E-state index >= 15 is 0 Å². The van der Waals surface area contributed by atoms with E-state index < -0.39 is 10.0 Å². The first-order valence-corrected chi connectivity index (χ1v) is 11.2. The minimum Gasteiger partial charge on any atom is -0.351 e. The molecular weight excluding hydrogens is 392 g/mol. The van der Waals surface area contributed by atoms with Crippen LogP contribution in [0, 0.1) is 0 Å². The van der Waals surface area contributed by atoms with Gasteiger partial charge < -0.3 is 15.1 Å². The fourth-order valence-electron chi connectivity index (χ4n) is 3.93. The Balaban J connectivity index is 1.65. The van der Waals surface area contributed by atoms with Crippen LogP contribution in [0.2, 0.25) is 0 Å². The van der Waals surface area contributed by atoms with Gasteiger partial charge in [-0.3, -0.25) is 4.79 Å². The average Bonchev–Trinajstić information content (AvgIpc) is 3.18. The zero-order chi connectivity index (χ0) is 20.6. The fraction of sp³-hybridized carbons (Fsp3) is 0.421. The van der Waals surface area contributed by atoms with Gasteiger partial charge in [0.15, 0.2) is 5.82 Å². The van der Waals surface area contributed by atoms with E-state index in [9.17, 15) is 13.2 Å². The van der Waals surface area contributed by atoms with Gasteiger partial charge in [-0.2, -0.15) is 4.98 Å². The number of carbonyl (C=O) groups excluding carboxylic acids is 1. The number of fused-ring (bicyclic) bond motifs is 1. The highest BCUT2D eigenvalue weighted by Gasteiger charge is 2.31. The van der Waals surface area contributed by atoms with E-state index in [1.807, 2.05) is 0 Å². The van der Waals surface area contributed by atoms with E-state index in [2.05, 4.69) is 15.2 Å². The molecule has 1 aliphatic heterocycles. The summed E-state index contributed by atoms with van der Waals surface area (Å²) < 4.78 is 22.8. The maximum atomic E-state index is 12.4. The van der Waals surface area contributed by atoms with Crippen LogP contribution in [0.1, 0.15) is 32.1 Å². The normalized spacial score (nSPS) is 17.9. The lowest BCUT2D eigenvalue weighted by Gasteiger charge is -2.30. The minimum absolute atomic E-state index is 0.0402. The summed E-state index contributed by atoms with van der Waals surface area (Å²) in [6.45, 7) is 0.639. The fourth-order valence-corrected chi connectivity index (χ4v) is 4.44. The second kappa shape index (κ2) is 7.60. The highest BCUT2D eigenvalue weighted by molar-refractivity contribution is 7.89. The molecule has 2 aromatic rings. The highest BCUT2D eigenvalue weighted by Crippen LogP contribution is 2.36. The number of hydrogen-bond donors (Lipinski definition) is 2. The summed E-state index contributed by atoms with van der Waals surface area (Å²) in [5, 5.41) is 8.24. The summed E-state index contributed by atoms with van der Waals surface area (Å²) in [4.78, 5) is 25.4. The number of amides is 1. The number of rotatable bonds is 4. The molecule has 1 aromatic carbocycles. The van der Waals surface area contributed by atoms with Crippen LogP contribution < -0.4 is 20.3 Å². The summed E-state index contributed by atoms with van der Waals surface area (Å²) in [6.07, 6.45) is 6.67. The highest BCUT2D eigenvalue weighted by atomic mass is 32.2. The van der Waals surface area contributed by atoms with Crippen molar-refractivity contribution in [1.82, 2.24) is 9.97 Å². The van der Waals surface area contributed by atoms with Crippen molar-refractivity contribution in [2.45, 2.75) is 43.0 Å². The van der Waals surface area contributed by atoms with Crippen molar-refractivity contribution in [3.05, 3.63) is 30.5 Å². The Morgan fingerprint density at radius 1 is 1.17 bits per heavy atom. The van der Waals surface area contributed by atoms with Crippen molar-refractivity contribution in [2.75, 3.05) is 28.7 Å². The summed E-state index contributed by atoms with van der Waals surface area (Å²) in [5.41, 5.74) is 1.34. The molecule has 154 valence electrons. The number of benzene rings is 1. The largest absolute Gasteiger partial charge is 0.351 e. The number of hydrogen-bond acceptors (Lipinski definition) is 7. The Kier molecular flexibility index (Phi) is 5.13. The Morgan fingerprint density at radius 3 is 2.52 bits per heavy atom. The maximum Gasteiger partial charge on any atom is 0.238 e. The topological polar surface area (TPSA) is 122 Å². The van der Waals surface area contributed by atoms with Crippen molar-refractivity contribution in [2.24, 2.45) is 5.14 Å². The number of primary sulfonamides is 1. The molecule has 4 rings (SSSR count). The van der Waals surface area contributed by atoms with Crippen LogP contribution in [0.5, 0.6) is 0 Å². The van der Waals surface area contributed by atoms with Crippen LogP contribution in [0.4, 0.5) is 23.1 Å². The van der Waals surface area contributed by atoms with E-state index in [1.165, 1.54) is 25.0 Å². The van der Waals surface area contributed by atoms with Crippen LogP contribution in [0.15, 0.2) is 35.4 Å². The summed E-state index contributed by atoms with van der Waals surface area (Å²) in [7, 11) is -1.99. The lowest BCUT2D eigenvalue weighted by Crippen LogP contribution is -2.34. The molecule has 1 saturated carbocycles. The standard InChI is InChI=1S/C19H24N6O3S/c1-24-16-12-21-19(22-13-6-8-15(9-7-13)29(20,27)28)23-18(16)25(11-10-17(24)26)14-4-2-3-5-14/h6-9,12,14H,2-5,10-11H2,1H3,(H2,20,27,28)(H,21,22,23). The number of nitrogens with two attached hydrogens (primary N) is 1. The van der Waals surface area contributed by atoms with Crippen LogP contribution in [0.3, 0.4) is 0 Å². The second-order valence-electron chi connectivity index (χ2n) is 7.43. The Labute approximate surface area is 170 Å². The molecule has 0 unspecified atom stereocenters. The number of nitrogens with one attached hydrogen (secondary N) is 1. The van der Waals surface area contributed by atoms with Crippen LogP contribution in [-0.2, 0) is 14.8 Å². The molecule has 0 saturated heterocycles. The third-order valence-electron chi connectivity index (χ3n) is 5.53. The molecule has 0 spiro atoms. The van der Waals surface area contributed by atoms with Crippen LogP contribution in [-0.4, -0.2) is 43.9 Å². The average molecular weight is 417 g/mol. The molecule has 0 bridgehead atoms. The van der Waals surface area contributed by atoms with E-state index in [4.69, 9.17) is 10.1 Å². The molecule has 29 heavy (non-hydrogen) atoms. The molecule has 2 aliphatic rings. The minimum atomic E-state index is -3.74. The molecule has 2 heterocycles. The first-order valence-electron chi connectivity index (χ1n) is 9.63. The molecule has 1 fully saturated rings. The summed E-state index contributed by atoms with van der Waals surface area (Å²) >= 11 is 0. The number of sulfonamides is 1. The Bertz CT molecular complexity index is 1020. The van der Waals surface area contributed by atoms with Gasteiger partial charge in [0.25, 0.3) is 0 Å². The van der Waals surface area contributed by atoms with E-state index in [-0.39, 0.29) is 10.8 Å². The first-order chi connectivity index (χ1) is 13.8. The predicted molar refractivity (Wildman–Crippen MR) is 111 cm³/mol. The van der Waals surface area contributed by atoms with E-state index in [0.29, 0.717) is 36.3 Å². The molecular formula is C19H24N6O3S. The number of nitrogens with zero attached hydrogens (tertiary/aromatic N) is 4. The van der Waals surface area contributed by atoms with Gasteiger partial charge >= 0.3 is 0 Å². The third-order valence-corrected chi connectivity index (χ3v) is 6.46. The third kappa shape index (κ3) is 4.03. The van der Waals surface area contributed by atoms with Gasteiger partial charge in [0, 0.05) is 31.7 Å². The van der Waals surface area contributed by atoms with Crippen molar-refractivity contribution in [1.29, 1.82) is 0 Å². The SMILES string of the molecule is CN1C(=O)CCN(C2CCCC2)c2nc(Nc3ccc(S(N)(=O)=O)cc3)ncc21. The van der Waals surface area contributed by atoms with Crippen molar-refractivity contribution in [3.8, 4) is 0 Å². The Morgan fingerprint density at radius 2 is 1.86 bits per heavy atom. The molecule has 10 heteroatoms. The molecule has 1 aromatic heterocycles. The second-order valence-corrected chi connectivity index (χ2v) is 8.99. The van der Waals surface area contributed by atoms with Gasteiger partial charge in [-0.25, -0.2) is 18.5 Å². The quantitative estimate of drug-likeness (QED) is 0.781. The molecule has 0 atom stereocenters. The Hall–Kier alpha value is -2.72. The van der Waals surface area contributed by atoms with Gasteiger partial charge in [-0.1, -0.05) is 12.8 Å². The van der Waals surface area contributed by atoms with Crippen LogP contribution in [0.25, 0.3) is 0 Å². The van der Waals surface area contributed by atoms with Crippen molar-refractivity contribution >= 4 is 39.1 Å². The van der Waals surface area contributed by atoms with Gasteiger partial charge in [-0.05, 0) is 37.1 Å². The maximum absolute atomic E-state index is 12.4. The van der Waals surface area contributed by atoms with Crippen LogP contribution >= 0.6 is 0 Å². The molecule has 0 radical (unpaired) electrons. The van der Waals surface area contributed by atoms with Gasteiger partial charge in [0.2, 0.25) is 21.9 Å². The molecule has 3 N–H and O–H groups in total. The van der Waals surface area contributed by atoms with Gasteiger partial charge in [-0.15, -0.1) is 0 Å². The van der Waals surface area contributed by atoms with E-state index in [1.54, 1.807) is 30.3 Å². The lowest BCUT2D eigenvalue weighted by atomic mass is 10.2. The zero-order valence-electron chi connectivity index (χ0n) is 16.2. The summed E-state index contributed by atoms with van der Waals surface area (Å²) in [5.74, 6) is 1.19. The summed E-state index contributed by atoms with van der Waals surface area (Å²) in [6, 6.07) is 6.46. The monoisotopic (exact) mass is 416 g/mol. The van der Waals surface area contributed by atoms with Gasteiger partial charge in [0.05, 0.1) is 11.1 Å². The smallest absolute Gasteiger partial charge is 0.238 e. The van der Waals surface area contributed by atoms with Gasteiger partial charge in [0.1, 0.15) is 5.69 Å². The lowest BCUT2D eigenvalue weighted by molar-refractivity contribution is -0.118. The predicted octanol–water partition coefficient (Wildman–Crippen LogP) is 1.98. The van der Waals surface area contributed by atoms with Crippen molar-refractivity contribution in [3.63, 3.8) is 0 Å². The first kappa shape index (κ1) is 19.6. The molecule has 9 nitrogen and oxygen atoms in total. The molecule has 1 amide bonds. The number of carbonyl (C=O) groups is 1. The number of aromatic nitrogens is 2.